The summed E-state index contributed by atoms with van der Waals surface area (Å²) in [5.74, 6) is 0. The first-order valence-electron chi connectivity index (χ1n) is 44.5. The first-order chi connectivity index (χ1) is 51.2. The minimum absolute atomic E-state index is 0.0894. The minimum Gasteiger partial charge on any atom is -0.456 e. The molecule has 0 aromatic rings. The summed E-state index contributed by atoms with van der Waals surface area (Å²) in [4.78, 5) is 0. The molecule has 0 amide bonds. The minimum atomic E-state index is -2.30. The van der Waals surface area contributed by atoms with Crippen LogP contribution < -0.4 is 0 Å². The van der Waals surface area contributed by atoms with Crippen molar-refractivity contribution in [2.45, 2.75) is 387 Å². The van der Waals surface area contributed by atoms with Gasteiger partial charge in [0.15, 0.2) is 66.5 Å². The van der Waals surface area contributed by atoms with Crippen molar-refractivity contribution in [1.82, 2.24) is 0 Å². The molecule has 0 saturated carbocycles. The third-order valence-electron chi connectivity index (χ3n) is 20.0. The largest absolute Gasteiger partial charge is 0.456 e. The molecule has 0 aliphatic heterocycles. The predicted molar refractivity (Wildman–Crippen MR) is 506 cm³/mol. The number of ether oxygens (including phenoxy) is 6. The van der Waals surface area contributed by atoms with Crippen molar-refractivity contribution in [1.29, 1.82) is 0 Å². The van der Waals surface area contributed by atoms with Crippen molar-refractivity contribution in [3.8, 4) is 0 Å². The average Bonchev–Trinajstić information content (AvgIpc) is 0.841. The van der Waals surface area contributed by atoms with E-state index in [0.29, 0.717) is 52.9 Å². The molecule has 18 nitrogen and oxygen atoms in total. The van der Waals surface area contributed by atoms with Crippen molar-refractivity contribution in [2.24, 2.45) is 16.2 Å². The molecule has 0 aromatic carbocycles. The molecule has 0 rings (SSSR count). The van der Waals surface area contributed by atoms with E-state index in [1.165, 1.54) is 125 Å². The van der Waals surface area contributed by atoms with E-state index in [4.69, 9.17) is 53.1 Å². The molecule has 0 aliphatic rings. The number of rotatable bonds is 72. The summed E-state index contributed by atoms with van der Waals surface area (Å²) in [6.07, 6.45) is 21.9. The topological polar surface area (TPSA) is 232 Å². The van der Waals surface area contributed by atoms with E-state index in [1.807, 2.05) is 0 Å². The van der Waals surface area contributed by atoms with Crippen LogP contribution in [0.25, 0.3) is 0 Å². The summed E-state index contributed by atoms with van der Waals surface area (Å²) < 4.78 is 74.9. The fraction of sp³-hybridized carbons (Fsp3) is 1.00. The van der Waals surface area contributed by atoms with Gasteiger partial charge in [-0.05, 0) is 220 Å². The first kappa shape index (κ1) is 117. The van der Waals surface area contributed by atoms with Gasteiger partial charge in [0.25, 0.3) is 0 Å². The molecule has 111 heavy (non-hydrogen) atoms. The molecular formula is C81H192O18Si12. The summed E-state index contributed by atoms with van der Waals surface area (Å²) in [7, 11) is -20.4. The Hall–Kier alpha value is 1.88. The monoisotopic (exact) mass is 1790 g/mol. The van der Waals surface area contributed by atoms with E-state index < -0.39 is 116 Å². The lowest BCUT2D eigenvalue weighted by Crippen LogP contribution is -2.52. The summed E-state index contributed by atoms with van der Waals surface area (Å²) in [6, 6.07) is 15.5. The van der Waals surface area contributed by atoms with Gasteiger partial charge in [0, 0.05) is 39.6 Å². The van der Waals surface area contributed by atoms with Gasteiger partial charge >= 0.3 is 17.1 Å². The normalized spacial score (nSPS) is 13.9. The second kappa shape index (κ2) is 59.6. The molecule has 0 fully saturated rings. The Balaban J connectivity index is -0.00000159. The third kappa shape index (κ3) is 63.5. The van der Waals surface area contributed by atoms with Crippen LogP contribution in [0.5, 0.6) is 0 Å². The summed E-state index contributed by atoms with van der Waals surface area (Å²) >= 11 is 0. The molecule has 30 heteroatoms. The highest BCUT2D eigenvalue weighted by Crippen LogP contribution is 2.37. The fourth-order valence-corrected chi connectivity index (χ4v) is 67.7. The van der Waals surface area contributed by atoms with Gasteiger partial charge in [-0.2, -0.15) is 0 Å². The van der Waals surface area contributed by atoms with Crippen molar-refractivity contribution in [2.75, 3.05) is 119 Å². The molecule has 0 bridgehead atoms. The standard InChI is InChI=1S/C35H76O4Si2.C25H64O8Si6.C21H52O6Si4/c1-7-13-23-40(24-14-8-2,25-15-9-3)29-19-21-38-33-35(31-36,32-37)34-39-22-20-30-41(26-16-10-4,27-17-11-5)28-18-12-6;1-34(2,3)30-38(13,31-35(4,5)6)19-15-17-28-23-25(21-26,22-27)24-29-18-16-20-39(14,32-36(7,8)9)33-37(10,11)12;1-28(2,3)26-30(7,8)15-11-13-24-19-21(17-22,18-23)20-25-14-12-16-31(9,10)27-29(4,5)6/h36-37H,7-34H2,1-6H3;26-27H,15-24H2,1-14H3;22-23H,11-20H2,1-10H3. The zero-order chi connectivity index (χ0) is 85.9. The van der Waals surface area contributed by atoms with E-state index in [9.17, 15) is 30.6 Å². The smallest absolute Gasteiger partial charge is 0.314 e. The average molecular weight is 1790 g/mol. The van der Waals surface area contributed by atoms with Crippen molar-refractivity contribution < 1.29 is 83.8 Å². The van der Waals surface area contributed by atoms with E-state index in [1.54, 1.807) is 0 Å². The Bertz CT molecular complexity index is 1990. The lowest BCUT2D eigenvalue weighted by Gasteiger charge is -2.38. The van der Waals surface area contributed by atoms with E-state index in [-0.39, 0.29) is 52.9 Å². The zero-order valence-electron chi connectivity index (χ0n) is 79.0. The van der Waals surface area contributed by atoms with Crippen LogP contribution in [0.3, 0.4) is 0 Å². The van der Waals surface area contributed by atoms with E-state index >= 15 is 0 Å². The number of hydrogen-bond donors (Lipinski definition) is 6. The first-order valence-corrected chi connectivity index (χ1v) is 81.9. The van der Waals surface area contributed by atoms with Crippen molar-refractivity contribution >= 4 is 99.8 Å². The van der Waals surface area contributed by atoms with Gasteiger partial charge in [-0.25, -0.2) is 0 Å². The molecule has 0 spiro atoms. The Morgan fingerprint density at radius 1 is 0.198 bits per heavy atom. The second-order valence-electron chi connectivity index (χ2n) is 41.1. The maximum Gasteiger partial charge on any atom is 0.314 e. The van der Waals surface area contributed by atoms with Crippen molar-refractivity contribution in [3.63, 3.8) is 0 Å². The van der Waals surface area contributed by atoms with E-state index in [2.05, 4.69) is 199 Å². The predicted octanol–water partition coefficient (Wildman–Crippen LogP) is 21.7. The van der Waals surface area contributed by atoms with Crippen molar-refractivity contribution in [3.05, 3.63) is 0 Å². The number of unbranched alkanes of at least 4 members (excludes halogenated alkanes) is 6. The molecule has 0 aliphatic carbocycles. The molecule has 0 unspecified atom stereocenters. The van der Waals surface area contributed by atoms with Crippen LogP contribution >= 0.6 is 0 Å². The summed E-state index contributed by atoms with van der Waals surface area (Å²) in [6.45, 7) is 72.1. The van der Waals surface area contributed by atoms with Crippen LogP contribution in [0.4, 0.5) is 0 Å². The van der Waals surface area contributed by atoms with Crippen LogP contribution in [-0.4, -0.2) is 249 Å². The molecule has 672 valence electrons. The summed E-state index contributed by atoms with van der Waals surface area (Å²) in [5, 5.41) is 60.4. The molecule has 0 saturated heterocycles. The van der Waals surface area contributed by atoms with Gasteiger partial charge in [0.1, 0.15) is 0 Å². The SMILES string of the molecule is CCCC[Si](CCCC)(CCCC)CCCOCC(CO)(CO)COCCC[Si](CCCC)(CCCC)CCCC.C[Si](C)(C)O[Si](C)(C)CCCOCC(CO)(CO)COCCC[Si](C)(C)O[Si](C)(C)C.C[Si](C)(C)O[Si](C)(CCCOCC(CO)(CO)COCCC[Si](C)(O[Si](C)(C)C)O[Si](C)(C)C)O[Si](C)(C)C. The molecule has 0 radical (unpaired) electrons. The third-order valence-corrected chi connectivity index (χ3v) is 63.0. The molecule has 6 N–H and O–H groups in total. The Kier molecular flexibility index (Phi) is 62.9. The molecular weight excluding hydrogens is 1600 g/mol. The Morgan fingerprint density at radius 3 is 0.505 bits per heavy atom. The van der Waals surface area contributed by atoms with Crippen LogP contribution in [0.15, 0.2) is 0 Å². The lowest BCUT2D eigenvalue weighted by atomic mass is 9.92. The van der Waals surface area contributed by atoms with Gasteiger partial charge in [-0.1, -0.05) is 167 Å². The highest BCUT2D eigenvalue weighted by atomic mass is 28.5. The van der Waals surface area contributed by atoms with E-state index in [0.717, 1.165) is 75.9 Å². The maximum atomic E-state index is 10.2. The fourth-order valence-electron chi connectivity index (χ4n) is 15.3. The van der Waals surface area contributed by atoms with Crippen LogP contribution in [0.2, 0.25) is 230 Å². The molecule has 0 atom stereocenters. The number of hydrogen-bond acceptors (Lipinski definition) is 18. The number of aliphatic hydroxyl groups is 6. The highest BCUT2D eigenvalue weighted by molar-refractivity contribution is 6.89. The van der Waals surface area contributed by atoms with Gasteiger partial charge < -0.3 is 83.8 Å². The highest BCUT2D eigenvalue weighted by Gasteiger charge is 2.43. The summed E-state index contributed by atoms with van der Waals surface area (Å²) in [5.41, 5.74) is -2.26. The lowest BCUT2D eigenvalue weighted by molar-refractivity contribution is -0.0770. The van der Waals surface area contributed by atoms with Crippen LogP contribution in [0.1, 0.15) is 157 Å². The quantitative estimate of drug-likeness (QED) is 0.0245. The Morgan fingerprint density at radius 2 is 0.351 bits per heavy atom. The maximum absolute atomic E-state index is 10.2. The zero-order valence-corrected chi connectivity index (χ0v) is 91.0. The second-order valence-corrected chi connectivity index (χ2v) is 94.9. The molecule has 0 aromatic heterocycles. The van der Waals surface area contributed by atoms with Gasteiger partial charge in [-0.15, -0.1) is 0 Å². The van der Waals surface area contributed by atoms with Crippen LogP contribution in [0, 0.1) is 16.2 Å². The van der Waals surface area contributed by atoms with Gasteiger partial charge in [-0.3, -0.25) is 0 Å². The molecule has 0 heterocycles. The Labute approximate surface area is 700 Å². The number of aliphatic hydroxyl groups excluding tert-OH is 6. The van der Waals surface area contributed by atoms with Crippen LogP contribution in [-0.2, 0) is 53.1 Å². The van der Waals surface area contributed by atoms with Gasteiger partial charge in [0.2, 0.25) is 0 Å². The van der Waals surface area contributed by atoms with Gasteiger partial charge in [0.05, 0.1) is 112 Å².